The minimum absolute atomic E-state index is 0.130. The maximum Gasteiger partial charge on any atom is 0.338 e. The zero-order valence-corrected chi connectivity index (χ0v) is 14.9. The molecule has 0 aliphatic rings. The van der Waals surface area contributed by atoms with Crippen molar-refractivity contribution in [3.63, 3.8) is 0 Å². The Morgan fingerprint density at radius 1 is 1.35 bits per heavy atom. The molecule has 3 rings (SSSR count). The summed E-state index contributed by atoms with van der Waals surface area (Å²) in [5, 5.41) is 3.64. The molecule has 0 saturated heterocycles. The molecule has 1 heterocycles. The van der Waals surface area contributed by atoms with Crippen LogP contribution < -0.4 is 5.32 Å². The van der Waals surface area contributed by atoms with Gasteiger partial charge in [-0.3, -0.25) is 0 Å². The number of methoxy groups -OCH3 is 1. The van der Waals surface area contributed by atoms with Gasteiger partial charge in [-0.05, 0) is 31.2 Å². The Bertz CT molecular complexity index is 956. The average Bonchev–Trinajstić information content (AvgIpc) is 3.11. The number of rotatable bonds is 5. The maximum atomic E-state index is 14.0. The van der Waals surface area contributed by atoms with Crippen molar-refractivity contribution >= 4 is 23.3 Å². The lowest BCUT2D eigenvalue weighted by Gasteiger charge is -2.10. The standard InChI is InChI=1S/C19H16ClFN2O3/c1-11-15(21)7-13(19(24)25-2)8-16(11)22-10-18-23-9-17(26-18)12-4-3-5-14(20)6-12/h3-9,22H,10H2,1-2H3. The number of aromatic nitrogens is 1. The van der Waals surface area contributed by atoms with Gasteiger partial charge in [-0.25, -0.2) is 14.2 Å². The number of nitrogens with one attached hydrogen (secondary N) is 1. The molecule has 0 atom stereocenters. The van der Waals surface area contributed by atoms with Crippen molar-refractivity contribution in [2.75, 3.05) is 12.4 Å². The van der Waals surface area contributed by atoms with Crippen LogP contribution in [-0.2, 0) is 11.3 Å². The number of nitrogens with zero attached hydrogens (tertiary/aromatic N) is 1. The molecular weight excluding hydrogens is 359 g/mol. The highest BCUT2D eigenvalue weighted by molar-refractivity contribution is 6.30. The Balaban J connectivity index is 1.77. The molecule has 0 saturated carbocycles. The summed E-state index contributed by atoms with van der Waals surface area (Å²) in [5.74, 6) is -0.104. The number of esters is 1. The quantitative estimate of drug-likeness (QED) is 0.647. The van der Waals surface area contributed by atoms with Crippen molar-refractivity contribution in [2.45, 2.75) is 13.5 Å². The molecule has 0 fully saturated rings. The van der Waals surface area contributed by atoms with Crippen molar-refractivity contribution in [3.8, 4) is 11.3 Å². The number of carbonyl (C=O) groups excluding carboxylic acids is 1. The van der Waals surface area contributed by atoms with Gasteiger partial charge in [0.15, 0.2) is 5.76 Å². The van der Waals surface area contributed by atoms with Gasteiger partial charge >= 0.3 is 5.97 Å². The van der Waals surface area contributed by atoms with E-state index in [-0.39, 0.29) is 12.1 Å². The summed E-state index contributed by atoms with van der Waals surface area (Å²) < 4.78 is 24.4. The number of carbonyl (C=O) groups is 1. The smallest absolute Gasteiger partial charge is 0.338 e. The fourth-order valence-electron chi connectivity index (χ4n) is 2.44. The SMILES string of the molecule is COC(=O)c1cc(F)c(C)c(NCc2ncc(-c3cccc(Cl)c3)o2)c1. The van der Waals surface area contributed by atoms with Crippen LogP contribution in [-0.4, -0.2) is 18.1 Å². The fourth-order valence-corrected chi connectivity index (χ4v) is 2.63. The van der Waals surface area contributed by atoms with Crippen molar-refractivity contribution in [2.24, 2.45) is 0 Å². The summed E-state index contributed by atoms with van der Waals surface area (Å²) in [6, 6.07) is 9.92. The van der Waals surface area contributed by atoms with Gasteiger partial charge in [0.1, 0.15) is 5.82 Å². The van der Waals surface area contributed by atoms with Crippen LogP contribution in [0.1, 0.15) is 21.8 Å². The van der Waals surface area contributed by atoms with E-state index >= 15 is 0 Å². The van der Waals surface area contributed by atoms with Gasteiger partial charge in [0.2, 0.25) is 5.89 Å². The molecule has 7 heteroatoms. The van der Waals surface area contributed by atoms with E-state index in [1.54, 1.807) is 25.3 Å². The predicted octanol–water partition coefficient (Wildman–Crippen LogP) is 4.84. The van der Waals surface area contributed by atoms with Crippen LogP contribution in [0.3, 0.4) is 0 Å². The van der Waals surface area contributed by atoms with Crippen LogP contribution in [0.25, 0.3) is 11.3 Å². The van der Waals surface area contributed by atoms with Crippen molar-refractivity contribution in [1.29, 1.82) is 0 Å². The van der Waals surface area contributed by atoms with Gasteiger partial charge in [-0.15, -0.1) is 0 Å². The highest BCUT2D eigenvalue weighted by Crippen LogP contribution is 2.25. The second kappa shape index (κ2) is 7.58. The molecule has 2 aromatic carbocycles. The molecular formula is C19H16ClFN2O3. The van der Waals surface area contributed by atoms with E-state index in [9.17, 15) is 9.18 Å². The lowest BCUT2D eigenvalue weighted by Crippen LogP contribution is -2.07. The first-order valence-corrected chi connectivity index (χ1v) is 8.18. The second-order valence-electron chi connectivity index (χ2n) is 5.60. The highest BCUT2D eigenvalue weighted by Gasteiger charge is 2.14. The first kappa shape index (κ1) is 17.9. The number of halogens is 2. The zero-order valence-electron chi connectivity index (χ0n) is 14.2. The maximum absolute atomic E-state index is 14.0. The molecule has 0 bridgehead atoms. The minimum atomic E-state index is -0.605. The largest absolute Gasteiger partial charge is 0.465 e. The van der Waals surface area contributed by atoms with E-state index < -0.39 is 11.8 Å². The van der Waals surface area contributed by atoms with Crippen molar-refractivity contribution in [1.82, 2.24) is 4.98 Å². The summed E-state index contributed by atoms with van der Waals surface area (Å²) in [5.41, 5.74) is 1.79. The van der Waals surface area contributed by atoms with Gasteiger partial charge in [0.25, 0.3) is 0 Å². The Labute approximate surface area is 154 Å². The van der Waals surface area contributed by atoms with Crippen LogP contribution in [0.4, 0.5) is 10.1 Å². The number of benzene rings is 2. The molecule has 5 nitrogen and oxygen atoms in total. The summed E-state index contributed by atoms with van der Waals surface area (Å²) in [4.78, 5) is 15.8. The summed E-state index contributed by atoms with van der Waals surface area (Å²) in [7, 11) is 1.25. The molecule has 0 unspecified atom stereocenters. The predicted molar refractivity (Wildman–Crippen MR) is 96.8 cm³/mol. The molecule has 0 spiro atoms. The zero-order chi connectivity index (χ0) is 18.7. The number of hydrogen-bond donors (Lipinski definition) is 1. The molecule has 0 aliphatic heterocycles. The van der Waals surface area contributed by atoms with Gasteiger partial charge in [0, 0.05) is 21.8 Å². The topological polar surface area (TPSA) is 64.4 Å². The van der Waals surface area contributed by atoms with Gasteiger partial charge in [-0.2, -0.15) is 0 Å². The van der Waals surface area contributed by atoms with Gasteiger partial charge in [-0.1, -0.05) is 23.7 Å². The summed E-state index contributed by atoms with van der Waals surface area (Å²) >= 11 is 5.98. The Morgan fingerprint density at radius 3 is 2.88 bits per heavy atom. The lowest BCUT2D eigenvalue weighted by atomic mass is 10.1. The Morgan fingerprint density at radius 2 is 2.15 bits per heavy atom. The molecule has 3 aromatic rings. The molecule has 0 amide bonds. The lowest BCUT2D eigenvalue weighted by molar-refractivity contribution is 0.0600. The third-order valence-corrected chi connectivity index (χ3v) is 4.09. The summed E-state index contributed by atoms with van der Waals surface area (Å²) in [6.45, 7) is 1.84. The summed E-state index contributed by atoms with van der Waals surface area (Å²) in [6.07, 6.45) is 1.60. The van der Waals surface area contributed by atoms with Crippen LogP contribution in [0.15, 0.2) is 47.0 Å². The van der Waals surface area contributed by atoms with Crippen LogP contribution in [0.2, 0.25) is 5.02 Å². The van der Waals surface area contributed by atoms with Gasteiger partial charge < -0.3 is 14.5 Å². The molecule has 0 aliphatic carbocycles. The molecule has 0 radical (unpaired) electrons. The average molecular weight is 375 g/mol. The Kier molecular flexibility index (Phi) is 5.23. The highest BCUT2D eigenvalue weighted by atomic mass is 35.5. The fraction of sp³-hybridized carbons (Fsp3) is 0.158. The van der Waals surface area contributed by atoms with E-state index in [2.05, 4.69) is 15.0 Å². The molecule has 1 N–H and O–H groups in total. The molecule has 134 valence electrons. The van der Waals surface area contributed by atoms with Crippen molar-refractivity contribution in [3.05, 3.63) is 70.5 Å². The molecule has 26 heavy (non-hydrogen) atoms. The van der Waals surface area contributed by atoms with E-state index in [0.717, 1.165) is 11.6 Å². The van der Waals surface area contributed by atoms with E-state index in [1.165, 1.54) is 13.2 Å². The number of ether oxygens (including phenoxy) is 1. The third-order valence-electron chi connectivity index (χ3n) is 3.86. The van der Waals surface area contributed by atoms with Crippen LogP contribution >= 0.6 is 11.6 Å². The minimum Gasteiger partial charge on any atom is -0.465 e. The van der Waals surface area contributed by atoms with Gasteiger partial charge in [0.05, 0.1) is 25.4 Å². The molecule has 1 aromatic heterocycles. The number of oxazole rings is 1. The first-order valence-electron chi connectivity index (χ1n) is 7.81. The number of anilines is 1. The first-order chi connectivity index (χ1) is 12.5. The number of hydrogen-bond acceptors (Lipinski definition) is 5. The normalized spacial score (nSPS) is 10.6. The Hall–Kier alpha value is -2.86. The van der Waals surface area contributed by atoms with E-state index in [1.807, 2.05) is 12.1 Å². The van der Waals surface area contributed by atoms with Crippen molar-refractivity contribution < 1.29 is 18.3 Å². The van der Waals surface area contributed by atoms with Crippen LogP contribution in [0.5, 0.6) is 0 Å². The van der Waals surface area contributed by atoms with E-state index in [0.29, 0.717) is 27.9 Å². The third kappa shape index (κ3) is 3.86. The van der Waals surface area contributed by atoms with Crippen LogP contribution in [0, 0.1) is 12.7 Å². The monoisotopic (exact) mass is 374 g/mol. The van der Waals surface area contributed by atoms with E-state index in [4.69, 9.17) is 16.0 Å². The second-order valence-corrected chi connectivity index (χ2v) is 6.04.